The third kappa shape index (κ3) is 4.24. The minimum Gasteiger partial charge on any atom is -0.295 e. The van der Waals surface area contributed by atoms with E-state index in [2.05, 4.69) is 22.1 Å². The molecule has 5 heteroatoms. The molecule has 0 aliphatic carbocycles. The van der Waals surface area contributed by atoms with Gasteiger partial charge in [-0.15, -0.1) is 6.07 Å². The van der Waals surface area contributed by atoms with E-state index in [1.54, 1.807) is 30.5 Å². The van der Waals surface area contributed by atoms with Crippen LogP contribution in [0, 0.1) is 23.8 Å². The first-order valence-electron chi connectivity index (χ1n) is 9.24. The van der Waals surface area contributed by atoms with Crippen molar-refractivity contribution in [3.05, 3.63) is 108 Å². The summed E-state index contributed by atoms with van der Waals surface area (Å²) in [5.74, 6) is -1.42. The molecule has 0 atom stereocenters. The summed E-state index contributed by atoms with van der Waals surface area (Å²) in [6, 6.07) is 25.2. The van der Waals surface area contributed by atoms with Crippen molar-refractivity contribution >= 4 is 0 Å². The molecule has 0 fully saturated rings. The molecule has 0 amide bonds. The molecule has 0 aliphatic rings. The van der Waals surface area contributed by atoms with Gasteiger partial charge < -0.3 is 0 Å². The van der Waals surface area contributed by atoms with Crippen LogP contribution in [-0.4, -0.2) is 9.97 Å². The first kappa shape index (κ1) is 22.0. The molecule has 0 N–H and O–H groups in total. The van der Waals surface area contributed by atoms with E-state index in [9.17, 15) is 8.78 Å². The summed E-state index contributed by atoms with van der Waals surface area (Å²) in [4.78, 5) is 8.83. The summed E-state index contributed by atoms with van der Waals surface area (Å²) in [6.07, 6.45) is 1.56. The van der Waals surface area contributed by atoms with Crippen LogP contribution in [0.3, 0.4) is 0 Å². The second kappa shape index (κ2) is 8.97. The predicted octanol–water partition coefficient (Wildman–Crippen LogP) is 6.01. The molecule has 4 aromatic rings. The molecule has 30 heavy (non-hydrogen) atoms. The fourth-order valence-corrected chi connectivity index (χ4v) is 3.23. The second-order valence-corrected chi connectivity index (χ2v) is 7.24. The normalized spacial score (nSPS) is 11.1. The Morgan fingerprint density at radius 1 is 0.833 bits per heavy atom. The fraction of sp³-hybridized carbons (Fsp3) is 0.120. The minimum absolute atomic E-state index is 0. The van der Waals surface area contributed by atoms with Crippen LogP contribution in [0.2, 0.25) is 0 Å². The van der Waals surface area contributed by atoms with Gasteiger partial charge in [-0.2, -0.15) is 35.9 Å². The van der Waals surface area contributed by atoms with Crippen molar-refractivity contribution in [3.63, 3.8) is 0 Å². The Kier molecular flexibility index (Phi) is 6.57. The largest absolute Gasteiger partial charge is 2.00 e. The quantitative estimate of drug-likeness (QED) is 0.277. The standard InChI is InChI=1S/C25H18F2N2.Pt/c1-25(2,17-9-4-3-5-10-17)24-13-8-12-23(29-24)19-15-18(20(26)16-21(19)27)22-11-6-7-14-28-22;/h3-9,11-14,16H,1-2H3;/q-2;+2. The van der Waals surface area contributed by atoms with Gasteiger partial charge in [0, 0.05) is 28.7 Å². The Bertz CT molecular complexity index is 1150. The Morgan fingerprint density at radius 3 is 2.20 bits per heavy atom. The van der Waals surface area contributed by atoms with Crippen LogP contribution in [0.25, 0.3) is 22.5 Å². The predicted molar refractivity (Wildman–Crippen MR) is 109 cm³/mol. The third-order valence-corrected chi connectivity index (χ3v) is 4.93. The van der Waals surface area contributed by atoms with E-state index in [0.29, 0.717) is 11.4 Å². The molecule has 0 bridgehead atoms. The number of rotatable bonds is 4. The number of aromatic nitrogens is 2. The van der Waals surface area contributed by atoms with Gasteiger partial charge in [-0.3, -0.25) is 18.7 Å². The van der Waals surface area contributed by atoms with Crippen LogP contribution >= 0.6 is 0 Å². The summed E-state index contributed by atoms with van der Waals surface area (Å²) < 4.78 is 29.0. The van der Waals surface area contributed by atoms with Crippen LogP contribution < -0.4 is 0 Å². The molecule has 4 rings (SSSR count). The van der Waals surface area contributed by atoms with E-state index in [1.165, 1.54) is 0 Å². The summed E-state index contributed by atoms with van der Waals surface area (Å²) in [5.41, 5.74) is 2.31. The molecule has 2 aromatic carbocycles. The van der Waals surface area contributed by atoms with Crippen LogP contribution in [0.4, 0.5) is 8.78 Å². The van der Waals surface area contributed by atoms with Gasteiger partial charge in [-0.25, -0.2) is 0 Å². The molecule has 0 aliphatic heterocycles. The van der Waals surface area contributed by atoms with Gasteiger partial charge in [-0.1, -0.05) is 55.3 Å². The Balaban J connectivity index is 0.00000256. The zero-order valence-corrected chi connectivity index (χ0v) is 18.7. The molecule has 0 radical (unpaired) electrons. The van der Waals surface area contributed by atoms with E-state index in [-0.39, 0.29) is 32.2 Å². The first-order valence-corrected chi connectivity index (χ1v) is 9.24. The van der Waals surface area contributed by atoms with Gasteiger partial charge in [0.15, 0.2) is 0 Å². The van der Waals surface area contributed by atoms with Crippen molar-refractivity contribution in [1.29, 1.82) is 0 Å². The van der Waals surface area contributed by atoms with Crippen molar-refractivity contribution < 1.29 is 29.8 Å². The average Bonchev–Trinajstić information content (AvgIpc) is 2.75. The van der Waals surface area contributed by atoms with Crippen LogP contribution in [0.15, 0.2) is 72.9 Å². The first-order chi connectivity index (χ1) is 14.0. The maximum atomic E-state index is 14.6. The number of halogens is 2. The number of hydrogen-bond donors (Lipinski definition) is 0. The van der Waals surface area contributed by atoms with E-state index in [0.717, 1.165) is 17.3 Å². The van der Waals surface area contributed by atoms with E-state index >= 15 is 0 Å². The van der Waals surface area contributed by atoms with Crippen molar-refractivity contribution in [1.82, 2.24) is 9.97 Å². The van der Waals surface area contributed by atoms with E-state index in [4.69, 9.17) is 0 Å². The number of benzene rings is 2. The van der Waals surface area contributed by atoms with Crippen LogP contribution in [0.1, 0.15) is 25.1 Å². The zero-order chi connectivity index (χ0) is 20.4. The zero-order valence-electron chi connectivity index (χ0n) is 16.4. The molecular formula is C25H18F2N2Pt. The Hall–Kier alpha value is -2.71. The molecule has 0 saturated heterocycles. The van der Waals surface area contributed by atoms with Crippen molar-refractivity contribution in [2.24, 2.45) is 0 Å². The molecule has 2 nitrogen and oxygen atoms in total. The maximum Gasteiger partial charge on any atom is 2.00 e. The summed E-state index contributed by atoms with van der Waals surface area (Å²) in [7, 11) is 0. The molecule has 152 valence electrons. The third-order valence-electron chi connectivity index (χ3n) is 4.93. The van der Waals surface area contributed by atoms with Crippen molar-refractivity contribution in [2.75, 3.05) is 0 Å². The van der Waals surface area contributed by atoms with Crippen molar-refractivity contribution in [2.45, 2.75) is 19.3 Å². The molecule has 2 aromatic heterocycles. The molecule has 0 saturated carbocycles. The fourth-order valence-electron chi connectivity index (χ4n) is 3.23. The molecular weight excluding hydrogens is 561 g/mol. The summed E-state index contributed by atoms with van der Waals surface area (Å²) in [5, 5.41) is 0. The number of hydrogen-bond acceptors (Lipinski definition) is 2. The topological polar surface area (TPSA) is 25.8 Å². The van der Waals surface area contributed by atoms with Gasteiger partial charge in [0.2, 0.25) is 0 Å². The average molecular weight is 580 g/mol. The van der Waals surface area contributed by atoms with Gasteiger partial charge in [0.05, 0.1) is 11.6 Å². The molecule has 0 unspecified atom stereocenters. The van der Waals surface area contributed by atoms with Gasteiger partial charge in [-0.05, 0) is 12.1 Å². The van der Waals surface area contributed by atoms with E-state index < -0.39 is 17.0 Å². The van der Waals surface area contributed by atoms with Gasteiger partial charge >= 0.3 is 21.1 Å². The van der Waals surface area contributed by atoms with Crippen molar-refractivity contribution in [3.8, 4) is 22.5 Å². The van der Waals surface area contributed by atoms with E-state index in [1.807, 2.05) is 50.2 Å². The summed E-state index contributed by atoms with van der Waals surface area (Å²) >= 11 is 0. The number of pyridine rings is 2. The van der Waals surface area contributed by atoms with Gasteiger partial charge in [0.1, 0.15) is 0 Å². The van der Waals surface area contributed by atoms with Crippen LogP contribution in [0.5, 0.6) is 0 Å². The second-order valence-electron chi connectivity index (χ2n) is 7.24. The Morgan fingerprint density at radius 2 is 1.53 bits per heavy atom. The smallest absolute Gasteiger partial charge is 0.295 e. The van der Waals surface area contributed by atoms with Crippen LogP contribution in [-0.2, 0) is 26.5 Å². The summed E-state index contributed by atoms with van der Waals surface area (Å²) in [6.45, 7) is 4.07. The monoisotopic (exact) mass is 579 g/mol. The maximum absolute atomic E-state index is 14.6. The minimum atomic E-state index is -0.712. The Labute approximate surface area is 189 Å². The SMILES string of the molecule is CC(C)(c1[c-]cccc1)c1cccc(-c2[c-]c(-c3ccccn3)c(F)cc2F)n1.[Pt+2]. The number of nitrogens with zero attached hydrogens (tertiary/aromatic N) is 2. The molecule has 2 heterocycles. The molecule has 0 spiro atoms. The van der Waals surface area contributed by atoms with Gasteiger partial charge in [0.25, 0.3) is 0 Å².